The summed E-state index contributed by atoms with van der Waals surface area (Å²) in [6.45, 7) is 2.15. The van der Waals surface area contributed by atoms with E-state index in [9.17, 15) is 4.79 Å². The topological polar surface area (TPSA) is 38.3 Å². The van der Waals surface area contributed by atoms with E-state index in [0.29, 0.717) is 22.3 Å². The van der Waals surface area contributed by atoms with Crippen LogP contribution in [0.25, 0.3) is 6.08 Å². The monoisotopic (exact) mass is 361 g/mol. The van der Waals surface area contributed by atoms with Crippen LogP contribution in [-0.2, 0) is 17.8 Å². The van der Waals surface area contributed by atoms with Gasteiger partial charge < -0.3 is 10.1 Å². The molecule has 3 nitrogen and oxygen atoms in total. The summed E-state index contributed by atoms with van der Waals surface area (Å²) >= 11 is 11.9. The van der Waals surface area contributed by atoms with Gasteiger partial charge in [-0.05, 0) is 48.2 Å². The third kappa shape index (κ3) is 3.92. The van der Waals surface area contributed by atoms with E-state index in [1.54, 1.807) is 25.1 Å². The highest BCUT2D eigenvalue weighted by Crippen LogP contribution is 2.28. The molecule has 5 heteroatoms. The van der Waals surface area contributed by atoms with E-state index >= 15 is 0 Å². The minimum Gasteiger partial charge on any atom is -0.479 e. The Morgan fingerprint density at radius 3 is 2.88 bits per heavy atom. The second kappa shape index (κ2) is 7.29. The van der Waals surface area contributed by atoms with E-state index < -0.39 is 6.10 Å². The van der Waals surface area contributed by atoms with Crippen LogP contribution in [-0.4, -0.2) is 12.0 Å². The lowest BCUT2D eigenvalue weighted by Gasteiger charge is -2.16. The minimum atomic E-state index is -0.653. The van der Waals surface area contributed by atoms with E-state index in [1.165, 1.54) is 11.1 Å². The van der Waals surface area contributed by atoms with Crippen molar-refractivity contribution >= 4 is 35.2 Å². The average Bonchev–Trinajstić information content (AvgIpc) is 3.02. The number of carbonyl (C=O) groups is 1. The minimum absolute atomic E-state index is 0.195. The third-order valence-corrected chi connectivity index (χ3v) is 4.41. The van der Waals surface area contributed by atoms with Gasteiger partial charge in [-0.2, -0.15) is 0 Å². The molecule has 2 aromatic rings. The number of hydrogen-bond donors (Lipinski definition) is 1. The van der Waals surface area contributed by atoms with Crippen LogP contribution >= 0.6 is 23.2 Å². The molecule has 1 aliphatic carbocycles. The van der Waals surface area contributed by atoms with E-state index in [-0.39, 0.29) is 5.91 Å². The third-order valence-electron chi connectivity index (χ3n) is 3.88. The van der Waals surface area contributed by atoms with Crippen LogP contribution in [0, 0.1) is 0 Å². The van der Waals surface area contributed by atoms with Crippen LogP contribution in [0.15, 0.2) is 42.5 Å². The zero-order chi connectivity index (χ0) is 17.1. The molecule has 124 valence electrons. The Hall–Kier alpha value is -1.97. The number of carbonyl (C=O) groups excluding carboxylic acids is 1. The molecular formula is C19H17Cl2NO2. The van der Waals surface area contributed by atoms with Gasteiger partial charge in [-0.3, -0.25) is 4.79 Å². The molecular weight excluding hydrogens is 345 g/mol. The number of nitrogens with one attached hydrogen (secondary N) is 1. The van der Waals surface area contributed by atoms with Crippen molar-refractivity contribution in [3.8, 4) is 5.75 Å². The van der Waals surface area contributed by atoms with Crippen molar-refractivity contribution in [1.82, 2.24) is 5.32 Å². The van der Waals surface area contributed by atoms with E-state index in [4.69, 9.17) is 27.9 Å². The molecule has 1 aliphatic rings. The maximum atomic E-state index is 12.2. The van der Waals surface area contributed by atoms with Crippen LogP contribution in [0.3, 0.4) is 0 Å². The molecule has 0 saturated carbocycles. The van der Waals surface area contributed by atoms with Gasteiger partial charge in [-0.15, -0.1) is 0 Å². The van der Waals surface area contributed by atoms with E-state index in [2.05, 4.69) is 29.6 Å². The molecule has 0 fully saturated rings. The van der Waals surface area contributed by atoms with Crippen molar-refractivity contribution in [2.45, 2.75) is 26.0 Å². The van der Waals surface area contributed by atoms with Gasteiger partial charge in [0.25, 0.3) is 5.91 Å². The SMILES string of the molecule is CC(Oc1ccc(Cl)cc1Cl)C(=O)NCc1ccc2c(c1)CC=C2. The summed E-state index contributed by atoms with van der Waals surface area (Å²) in [6.07, 6.45) is 4.55. The van der Waals surface area contributed by atoms with Crippen LogP contribution in [0.1, 0.15) is 23.6 Å². The van der Waals surface area contributed by atoms with E-state index in [1.807, 2.05) is 6.07 Å². The zero-order valence-corrected chi connectivity index (χ0v) is 14.7. The second-order valence-corrected chi connectivity index (χ2v) is 6.54. The van der Waals surface area contributed by atoms with Crippen LogP contribution in [0.5, 0.6) is 5.75 Å². The van der Waals surface area contributed by atoms with Gasteiger partial charge in [0.05, 0.1) is 5.02 Å². The Morgan fingerprint density at radius 2 is 2.08 bits per heavy atom. The van der Waals surface area contributed by atoms with Crippen molar-refractivity contribution in [1.29, 1.82) is 0 Å². The molecule has 0 radical (unpaired) electrons. The summed E-state index contributed by atoms with van der Waals surface area (Å²) in [4.78, 5) is 12.2. The zero-order valence-electron chi connectivity index (χ0n) is 13.2. The smallest absolute Gasteiger partial charge is 0.261 e. The molecule has 1 atom stereocenters. The molecule has 1 unspecified atom stereocenters. The number of benzene rings is 2. The highest BCUT2D eigenvalue weighted by atomic mass is 35.5. The van der Waals surface area contributed by atoms with Gasteiger partial charge in [0.15, 0.2) is 6.10 Å². The van der Waals surface area contributed by atoms with Gasteiger partial charge in [0, 0.05) is 11.6 Å². The predicted molar refractivity (Wildman–Crippen MR) is 97.6 cm³/mol. The summed E-state index contributed by atoms with van der Waals surface area (Å²) in [5.74, 6) is 0.243. The Bertz CT molecular complexity index is 802. The van der Waals surface area contributed by atoms with Crippen LogP contribution in [0.2, 0.25) is 10.0 Å². The number of amides is 1. The fourth-order valence-electron chi connectivity index (χ4n) is 2.57. The predicted octanol–water partition coefficient (Wildman–Crippen LogP) is 4.65. The van der Waals surface area contributed by atoms with Crippen molar-refractivity contribution in [2.24, 2.45) is 0 Å². The normalized spacial score (nSPS) is 13.5. The fourth-order valence-corrected chi connectivity index (χ4v) is 3.02. The molecule has 0 aliphatic heterocycles. The van der Waals surface area contributed by atoms with Gasteiger partial charge in [-0.1, -0.05) is 53.6 Å². The van der Waals surface area contributed by atoms with E-state index in [0.717, 1.165) is 12.0 Å². The number of halogens is 2. The molecule has 1 amide bonds. The summed E-state index contributed by atoms with van der Waals surface area (Å²) < 4.78 is 5.61. The van der Waals surface area contributed by atoms with Crippen molar-refractivity contribution in [2.75, 3.05) is 0 Å². The number of allylic oxidation sites excluding steroid dienone is 1. The quantitative estimate of drug-likeness (QED) is 0.841. The highest BCUT2D eigenvalue weighted by Gasteiger charge is 2.16. The fraction of sp³-hybridized carbons (Fsp3) is 0.211. The van der Waals surface area contributed by atoms with Gasteiger partial charge >= 0.3 is 0 Å². The number of fused-ring (bicyclic) bond motifs is 1. The van der Waals surface area contributed by atoms with Gasteiger partial charge in [0.1, 0.15) is 5.75 Å². The summed E-state index contributed by atoms with van der Waals surface area (Å²) in [5.41, 5.74) is 3.61. The lowest BCUT2D eigenvalue weighted by Crippen LogP contribution is -2.36. The molecule has 0 aromatic heterocycles. The standard InChI is InChI=1S/C19H17Cl2NO2/c1-12(24-18-8-7-16(20)10-17(18)21)19(23)22-11-13-5-6-14-3-2-4-15(14)9-13/h2-3,5-10,12H,4,11H2,1H3,(H,22,23). The number of ether oxygens (including phenoxy) is 1. The molecule has 1 N–H and O–H groups in total. The summed E-state index contributed by atoms with van der Waals surface area (Å²) in [7, 11) is 0. The Kier molecular flexibility index (Phi) is 5.12. The first-order valence-corrected chi connectivity index (χ1v) is 8.46. The first-order chi connectivity index (χ1) is 11.5. The number of rotatable bonds is 5. The lowest BCUT2D eigenvalue weighted by atomic mass is 10.1. The molecule has 2 aromatic carbocycles. The average molecular weight is 362 g/mol. The molecule has 0 saturated heterocycles. The Morgan fingerprint density at radius 1 is 1.25 bits per heavy atom. The largest absolute Gasteiger partial charge is 0.479 e. The van der Waals surface area contributed by atoms with Gasteiger partial charge in [-0.25, -0.2) is 0 Å². The molecule has 0 spiro atoms. The van der Waals surface area contributed by atoms with Crippen molar-refractivity contribution in [3.63, 3.8) is 0 Å². The first-order valence-electron chi connectivity index (χ1n) is 7.70. The molecule has 24 heavy (non-hydrogen) atoms. The Balaban J connectivity index is 1.56. The molecule has 3 rings (SSSR count). The second-order valence-electron chi connectivity index (χ2n) is 5.69. The maximum Gasteiger partial charge on any atom is 0.261 e. The van der Waals surface area contributed by atoms with Crippen molar-refractivity contribution < 1.29 is 9.53 Å². The van der Waals surface area contributed by atoms with Crippen LogP contribution < -0.4 is 10.1 Å². The lowest BCUT2D eigenvalue weighted by molar-refractivity contribution is -0.127. The van der Waals surface area contributed by atoms with Gasteiger partial charge in [0.2, 0.25) is 0 Å². The summed E-state index contributed by atoms with van der Waals surface area (Å²) in [6, 6.07) is 11.1. The Labute approximate surface area is 151 Å². The molecule has 0 bridgehead atoms. The van der Waals surface area contributed by atoms with Crippen LogP contribution in [0.4, 0.5) is 0 Å². The maximum absolute atomic E-state index is 12.2. The van der Waals surface area contributed by atoms with Crippen molar-refractivity contribution in [3.05, 3.63) is 69.2 Å². The first kappa shape index (κ1) is 16.9. The summed E-state index contributed by atoms with van der Waals surface area (Å²) in [5, 5.41) is 3.79. The molecule has 0 heterocycles. The highest BCUT2D eigenvalue weighted by molar-refractivity contribution is 6.35. The number of hydrogen-bond acceptors (Lipinski definition) is 2.